The van der Waals surface area contributed by atoms with Crippen LogP contribution in [0.25, 0.3) is 0 Å². The fraction of sp³-hybridized carbons (Fsp3) is 0.500. The van der Waals surface area contributed by atoms with Gasteiger partial charge in [0, 0.05) is 45.1 Å². The molecule has 0 saturated carbocycles. The maximum Gasteiger partial charge on any atom is 0.248 e. The van der Waals surface area contributed by atoms with Crippen molar-refractivity contribution in [1.82, 2.24) is 14.8 Å². The van der Waals surface area contributed by atoms with Crippen molar-refractivity contribution in [1.29, 1.82) is 0 Å². The first-order valence-electron chi connectivity index (χ1n) is 5.79. The van der Waals surface area contributed by atoms with E-state index in [1.165, 1.54) is 5.56 Å². The normalized spacial score (nSPS) is 17.1. The molecule has 0 aliphatic carbocycles. The lowest BCUT2D eigenvalue weighted by molar-refractivity contribution is -0.135. The summed E-state index contributed by atoms with van der Waals surface area (Å²) in [7, 11) is 0. The van der Waals surface area contributed by atoms with Crippen LogP contribution < -0.4 is 0 Å². The van der Waals surface area contributed by atoms with Crippen LogP contribution >= 0.6 is 0 Å². The second-order valence-electron chi connectivity index (χ2n) is 4.17. The van der Waals surface area contributed by atoms with Gasteiger partial charge in [-0.15, -0.1) is 0 Å². The fourth-order valence-electron chi connectivity index (χ4n) is 2.00. The molecule has 5 heteroatoms. The molecule has 0 bridgehead atoms. The molecule has 1 amide bonds. The number of amides is 1. The van der Waals surface area contributed by atoms with E-state index in [-0.39, 0.29) is 12.5 Å². The van der Waals surface area contributed by atoms with Crippen LogP contribution in [-0.4, -0.2) is 58.6 Å². The summed E-state index contributed by atoms with van der Waals surface area (Å²) in [4.78, 5) is 19.3. The van der Waals surface area contributed by atoms with Gasteiger partial charge in [-0.3, -0.25) is 14.7 Å². The Kier molecular flexibility index (Phi) is 4.06. The fourth-order valence-corrected chi connectivity index (χ4v) is 2.00. The predicted octanol–water partition coefficient (Wildman–Crippen LogP) is -0.282. The molecule has 0 atom stereocenters. The highest BCUT2D eigenvalue weighted by molar-refractivity contribution is 5.77. The van der Waals surface area contributed by atoms with Gasteiger partial charge in [0.1, 0.15) is 6.61 Å². The first-order chi connectivity index (χ1) is 8.29. The van der Waals surface area contributed by atoms with Crippen molar-refractivity contribution >= 4 is 5.91 Å². The predicted molar refractivity (Wildman–Crippen MR) is 63.2 cm³/mol. The minimum atomic E-state index is -0.385. The summed E-state index contributed by atoms with van der Waals surface area (Å²) in [5.41, 5.74) is 1.24. The molecule has 0 spiro atoms. The lowest BCUT2D eigenvalue weighted by atomic mass is 10.2. The van der Waals surface area contributed by atoms with Crippen molar-refractivity contribution in [3.05, 3.63) is 30.1 Å². The molecule has 1 aliphatic rings. The number of rotatable bonds is 3. The smallest absolute Gasteiger partial charge is 0.248 e. The SMILES string of the molecule is O=C(CO)N1CCN(Cc2ccncc2)CC1. The molecule has 1 N–H and O–H groups in total. The van der Waals surface area contributed by atoms with Crippen LogP contribution in [0.1, 0.15) is 5.56 Å². The van der Waals surface area contributed by atoms with Crippen LogP contribution in [0.2, 0.25) is 0 Å². The van der Waals surface area contributed by atoms with Crippen molar-refractivity contribution in [3.8, 4) is 0 Å². The number of hydrogen-bond donors (Lipinski definition) is 1. The lowest BCUT2D eigenvalue weighted by Crippen LogP contribution is -2.49. The van der Waals surface area contributed by atoms with E-state index in [1.54, 1.807) is 17.3 Å². The van der Waals surface area contributed by atoms with Crippen LogP contribution in [0.3, 0.4) is 0 Å². The Morgan fingerprint density at radius 3 is 2.47 bits per heavy atom. The van der Waals surface area contributed by atoms with Crippen molar-refractivity contribution in [3.63, 3.8) is 0 Å². The molecule has 0 unspecified atom stereocenters. The minimum Gasteiger partial charge on any atom is -0.387 e. The van der Waals surface area contributed by atoms with Crippen molar-refractivity contribution < 1.29 is 9.90 Å². The first kappa shape index (κ1) is 12.0. The standard InChI is InChI=1S/C12H17N3O2/c16-10-12(17)15-7-5-14(6-8-15)9-11-1-3-13-4-2-11/h1-4,16H,5-10H2. The van der Waals surface area contributed by atoms with Gasteiger partial charge in [-0.05, 0) is 17.7 Å². The molecule has 2 rings (SSSR count). The van der Waals surface area contributed by atoms with Crippen LogP contribution in [-0.2, 0) is 11.3 Å². The Balaban J connectivity index is 1.82. The average molecular weight is 235 g/mol. The van der Waals surface area contributed by atoms with Crippen LogP contribution in [0.15, 0.2) is 24.5 Å². The van der Waals surface area contributed by atoms with Gasteiger partial charge in [-0.1, -0.05) is 0 Å². The van der Waals surface area contributed by atoms with Crippen LogP contribution in [0.4, 0.5) is 0 Å². The Labute approximate surface area is 101 Å². The third-order valence-electron chi connectivity index (χ3n) is 3.02. The molecule has 1 aromatic heterocycles. The Morgan fingerprint density at radius 1 is 1.24 bits per heavy atom. The van der Waals surface area contributed by atoms with E-state index in [1.807, 2.05) is 12.1 Å². The monoisotopic (exact) mass is 235 g/mol. The summed E-state index contributed by atoms with van der Waals surface area (Å²) in [6, 6.07) is 4.01. The first-order valence-corrected chi connectivity index (χ1v) is 5.79. The molecule has 92 valence electrons. The van der Waals surface area contributed by atoms with Gasteiger partial charge in [0.25, 0.3) is 0 Å². The van der Waals surface area contributed by atoms with E-state index in [2.05, 4.69) is 9.88 Å². The number of carbonyl (C=O) groups excluding carboxylic acids is 1. The third-order valence-corrected chi connectivity index (χ3v) is 3.02. The largest absolute Gasteiger partial charge is 0.387 e. The van der Waals surface area contributed by atoms with Gasteiger partial charge in [0.15, 0.2) is 0 Å². The Morgan fingerprint density at radius 2 is 1.88 bits per heavy atom. The van der Waals surface area contributed by atoms with E-state index in [0.29, 0.717) is 13.1 Å². The number of aliphatic hydroxyl groups is 1. The molecule has 1 aliphatic heterocycles. The third kappa shape index (κ3) is 3.25. The summed E-state index contributed by atoms with van der Waals surface area (Å²) in [6.45, 7) is 3.62. The summed E-state index contributed by atoms with van der Waals surface area (Å²) < 4.78 is 0. The number of aliphatic hydroxyl groups excluding tert-OH is 1. The number of aromatic nitrogens is 1. The molecular weight excluding hydrogens is 218 g/mol. The van der Waals surface area contributed by atoms with Gasteiger partial charge in [0.2, 0.25) is 5.91 Å². The number of hydrogen-bond acceptors (Lipinski definition) is 4. The molecule has 2 heterocycles. The molecule has 0 aromatic carbocycles. The minimum absolute atomic E-state index is 0.173. The van der Waals surface area contributed by atoms with Crippen LogP contribution in [0, 0.1) is 0 Å². The molecule has 1 aromatic rings. The van der Waals surface area contributed by atoms with Crippen molar-refractivity contribution in [2.24, 2.45) is 0 Å². The van der Waals surface area contributed by atoms with Crippen molar-refractivity contribution in [2.75, 3.05) is 32.8 Å². The molecule has 0 radical (unpaired) electrons. The molecule has 17 heavy (non-hydrogen) atoms. The summed E-state index contributed by atoms with van der Waals surface area (Å²) in [6.07, 6.45) is 3.59. The zero-order valence-electron chi connectivity index (χ0n) is 9.75. The van der Waals surface area contributed by atoms with E-state index >= 15 is 0 Å². The van der Waals surface area contributed by atoms with E-state index in [0.717, 1.165) is 19.6 Å². The van der Waals surface area contributed by atoms with Gasteiger partial charge >= 0.3 is 0 Å². The summed E-state index contributed by atoms with van der Waals surface area (Å²) in [5, 5.41) is 8.78. The maximum absolute atomic E-state index is 11.3. The number of carbonyl (C=O) groups is 1. The number of pyridine rings is 1. The zero-order chi connectivity index (χ0) is 12.1. The van der Waals surface area contributed by atoms with E-state index in [4.69, 9.17) is 5.11 Å². The molecular formula is C12H17N3O2. The Hall–Kier alpha value is -1.46. The van der Waals surface area contributed by atoms with E-state index in [9.17, 15) is 4.79 Å². The quantitative estimate of drug-likeness (QED) is 0.783. The lowest BCUT2D eigenvalue weighted by Gasteiger charge is -2.34. The molecule has 5 nitrogen and oxygen atoms in total. The zero-order valence-corrected chi connectivity index (χ0v) is 9.75. The Bertz CT molecular complexity index is 361. The van der Waals surface area contributed by atoms with Gasteiger partial charge < -0.3 is 10.0 Å². The topological polar surface area (TPSA) is 56.7 Å². The highest BCUT2D eigenvalue weighted by atomic mass is 16.3. The van der Waals surface area contributed by atoms with Gasteiger partial charge in [-0.2, -0.15) is 0 Å². The maximum atomic E-state index is 11.3. The molecule has 1 saturated heterocycles. The van der Waals surface area contributed by atoms with Crippen LogP contribution in [0.5, 0.6) is 0 Å². The van der Waals surface area contributed by atoms with Gasteiger partial charge in [-0.25, -0.2) is 0 Å². The van der Waals surface area contributed by atoms with Gasteiger partial charge in [0.05, 0.1) is 0 Å². The second-order valence-corrected chi connectivity index (χ2v) is 4.17. The van der Waals surface area contributed by atoms with Crippen molar-refractivity contribution in [2.45, 2.75) is 6.54 Å². The number of nitrogens with zero attached hydrogens (tertiary/aromatic N) is 3. The highest BCUT2D eigenvalue weighted by Gasteiger charge is 2.20. The molecule has 1 fully saturated rings. The summed E-state index contributed by atoms with van der Waals surface area (Å²) >= 11 is 0. The average Bonchev–Trinajstić information content (AvgIpc) is 2.40. The second kappa shape index (κ2) is 5.75. The van der Waals surface area contributed by atoms with E-state index < -0.39 is 0 Å². The highest BCUT2D eigenvalue weighted by Crippen LogP contribution is 2.07. The summed E-state index contributed by atoms with van der Waals surface area (Å²) in [5.74, 6) is -0.173. The number of piperazine rings is 1.